The van der Waals surface area contributed by atoms with Gasteiger partial charge in [-0.1, -0.05) is 6.92 Å². The molecule has 0 spiro atoms. The quantitative estimate of drug-likeness (QED) is 0.697. The maximum absolute atomic E-state index is 11.1. The zero-order chi connectivity index (χ0) is 11.7. The average Bonchev–Trinajstić information content (AvgIpc) is 2.13. The molecule has 0 aliphatic heterocycles. The third-order valence-corrected chi connectivity index (χ3v) is 1.54. The van der Waals surface area contributed by atoms with Gasteiger partial charge in [-0.05, 0) is 20.3 Å². The molecule has 0 fully saturated rings. The van der Waals surface area contributed by atoms with Gasteiger partial charge in [-0.2, -0.15) is 0 Å². The molecule has 5 nitrogen and oxygen atoms in total. The Labute approximate surface area is 90.6 Å². The highest BCUT2D eigenvalue weighted by molar-refractivity contribution is 5.76. The fourth-order valence-electron chi connectivity index (χ4n) is 0.887. The van der Waals surface area contributed by atoms with E-state index in [4.69, 9.17) is 4.74 Å². The molecule has 0 bridgehead atoms. The molecule has 0 aliphatic carbocycles. The van der Waals surface area contributed by atoms with Crippen molar-refractivity contribution in [3.8, 4) is 0 Å². The second-order valence-corrected chi connectivity index (χ2v) is 3.48. The summed E-state index contributed by atoms with van der Waals surface area (Å²) in [5.41, 5.74) is 0. The number of ether oxygens (including phenoxy) is 1. The van der Waals surface area contributed by atoms with Crippen molar-refractivity contribution < 1.29 is 14.3 Å². The van der Waals surface area contributed by atoms with Gasteiger partial charge < -0.3 is 15.4 Å². The lowest BCUT2D eigenvalue weighted by atomic mass is 10.4. The van der Waals surface area contributed by atoms with E-state index in [1.807, 2.05) is 6.92 Å². The molecule has 88 valence electrons. The number of carbonyl (C=O) groups excluding carboxylic acids is 2. The summed E-state index contributed by atoms with van der Waals surface area (Å²) in [6, 6.07) is 0. The monoisotopic (exact) mass is 216 g/mol. The first-order chi connectivity index (χ1) is 7.06. The smallest absolute Gasteiger partial charge is 0.407 e. The Bertz CT molecular complexity index is 205. The number of alkyl carbamates (subject to hydrolysis) is 1. The molecule has 0 radical (unpaired) electrons. The Morgan fingerprint density at radius 1 is 1.20 bits per heavy atom. The highest BCUT2D eigenvalue weighted by atomic mass is 16.6. The van der Waals surface area contributed by atoms with E-state index in [1.165, 1.54) is 0 Å². The number of nitrogens with one attached hydrogen (secondary N) is 2. The average molecular weight is 216 g/mol. The van der Waals surface area contributed by atoms with Gasteiger partial charge in [0.05, 0.1) is 6.10 Å². The highest BCUT2D eigenvalue weighted by Crippen LogP contribution is 1.88. The number of rotatable bonds is 6. The van der Waals surface area contributed by atoms with E-state index < -0.39 is 6.09 Å². The van der Waals surface area contributed by atoms with Crippen molar-refractivity contribution in [2.24, 2.45) is 0 Å². The maximum atomic E-state index is 11.1. The van der Waals surface area contributed by atoms with E-state index >= 15 is 0 Å². The zero-order valence-electron chi connectivity index (χ0n) is 9.63. The number of hydrogen-bond donors (Lipinski definition) is 2. The molecule has 0 saturated heterocycles. The van der Waals surface area contributed by atoms with Crippen LogP contribution in [-0.2, 0) is 9.53 Å². The molecule has 0 aromatic heterocycles. The second-order valence-electron chi connectivity index (χ2n) is 3.48. The van der Waals surface area contributed by atoms with Gasteiger partial charge in [-0.15, -0.1) is 0 Å². The predicted octanol–water partition coefficient (Wildman–Crippen LogP) is 1.04. The number of carbonyl (C=O) groups is 2. The van der Waals surface area contributed by atoms with Gasteiger partial charge >= 0.3 is 6.09 Å². The van der Waals surface area contributed by atoms with Crippen LogP contribution in [0.25, 0.3) is 0 Å². The molecule has 2 amide bonds. The molecular formula is C10H20N2O3. The van der Waals surface area contributed by atoms with Crippen LogP contribution in [0.3, 0.4) is 0 Å². The fourth-order valence-corrected chi connectivity index (χ4v) is 0.887. The third-order valence-electron chi connectivity index (χ3n) is 1.54. The van der Waals surface area contributed by atoms with Crippen LogP contribution in [-0.4, -0.2) is 31.2 Å². The van der Waals surface area contributed by atoms with E-state index in [-0.39, 0.29) is 18.4 Å². The van der Waals surface area contributed by atoms with Crippen molar-refractivity contribution in [1.82, 2.24) is 10.6 Å². The Hall–Kier alpha value is -1.26. The Balaban J connectivity index is 3.44. The third kappa shape index (κ3) is 9.05. The van der Waals surface area contributed by atoms with Crippen molar-refractivity contribution in [3.63, 3.8) is 0 Å². The lowest BCUT2D eigenvalue weighted by molar-refractivity contribution is -0.120. The van der Waals surface area contributed by atoms with Gasteiger partial charge in [0.15, 0.2) is 0 Å². The molecule has 0 aromatic carbocycles. The molecule has 0 aliphatic rings. The molecule has 5 heteroatoms. The molecule has 0 saturated carbocycles. The molecule has 0 atom stereocenters. The number of amides is 2. The molecular weight excluding hydrogens is 196 g/mol. The zero-order valence-corrected chi connectivity index (χ0v) is 9.63. The lowest BCUT2D eigenvalue weighted by Crippen LogP contribution is -2.32. The lowest BCUT2D eigenvalue weighted by Gasteiger charge is -2.09. The van der Waals surface area contributed by atoms with Crippen molar-refractivity contribution in [1.29, 1.82) is 0 Å². The largest absolute Gasteiger partial charge is 0.447 e. The SMILES string of the molecule is CCCNC(=O)CCNC(=O)OC(C)C. The minimum absolute atomic E-state index is 0.0540. The van der Waals surface area contributed by atoms with Crippen molar-refractivity contribution in [2.75, 3.05) is 13.1 Å². The van der Waals surface area contributed by atoms with E-state index in [2.05, 4.69) is 10.6 Å². The molecule has 15 heavy (non-hydrogen) atoms. The van der Waals surface area contributed by atoms with Crippen LogP contribution in [0, 0.1) is 0 Å². The van der Waals surface area contributed by atoms with E-state index in [1.54, 1.807) is 13.8 Å². The second kappa shape index (κ2) is 8.08. The van der Waals surface area contributed by atoms with Gasteiger partial charge in [0.2, 0.25) is 5.91 Å². The minimum atomic E-state index is -0.478. The summed E-state index contributed by atoms with van der Waals surface area (Å²) in [6.07, 6.45) is 0.578. The van der Waals surface area contributed by atoms with Crippen LogP contribution in [0.15, 0.2) is 0 Å². The molecule has 2 N–H and O–H groups in total. The van der Waals surface area contributed by atoms with Crippen LogP contribution in [0.5, 0.6) is 0 Å². The molecule has 0 rings (SSSR count). The van der Waals surface area contributed by atoms with Gasteiger partial charge in [-0.3, -0.25) is 4.79 Å². The summed E-state index contributed by atoms with van der Waals surface area (Å²) >= 11 is 0. The van der Waals surface area contributed by atoms with Gasteiger partial charge in [-0.25, -0.2) is 4.79 Å². The summed E-state index contributed by atoms with van der Waals surface area (Å²) in [4.78, 5) is 22.1. The van der Waals surface area contributed by atoms with E-state index in [9.17, 15) is 9.59 Å². The van der Waals surface area contributed by atoms with Crippen LogP contribution in [0.4, 0.5) is 4.79 Å². The molecule has 0 unspecified atom stereocenters. The van der Waals surface area contributed by atoms with Crippen molar-refractivity contribution >= 4 is 12.0 Å². The maximum Gasteiger partial charge on any atom is 0.407 e. The predicted molar refractivity (Wildman–Crippen MR) is 57.5 cm³/mol. The molecule has 0 aromatic rings. The van der Waals surface area contributed by atoms with Crippen molar-refractivity contribution in [2.45, 2.75) is 39.7 Å². The summed E-state index contributed by atoms with van der Waals surface area (Å²) in [5.74, 6) is -0.0540. The Morgan fingerprint density at radius 2 is 1.87 bits per heavy atom. The normalized spacial score (nSPS) is 9.87. The molecule has 0 heterocycles. The first kappa shape index (κ1) is 13.7. The standard InChI is InChI=1S/C10H20N2O3/c1-4-6-11-9(13)5-7-12-10(14)15-8(2)3/h8H,4-7H2,1-3H3,(H,11,13)(H,12,14). The van der Waals surface area contributed by atoms with Crippen LogP contribution in [0.2, 0.25) is 0 Å². The Morgan fingerprint density at radius 3 is 2.40 bits per heavy atom. The van der Waals surface area contributed by atoms with E-state index in [0.29, 0.717) is 13.1 Å². The van der Waals surface area contributed by atoms with Gasteiger partial charge in [0.1, 0.15) is 0 Å². The van der Waals surface area contributed by atoms with E-state index in [0.717, 1.165) is 6.42 Å². The Kier molecular flexibility index (Phi) is 7.40. The fraction of sp³-hybridized carbons (Fsp3) is 0.800. The van der Waals surface area contributed by atoms with Crippen LogP contribution >= 0.6 is 0 Å². The highest BCUT2D eigenvalue weighted by Gasteiger charge is 2.05. The van der Waals surface area contributed by atoms with Crippen LogP contribution in [0.1, 0.15) is 33.6 Å². The first-order valence-electron chi connectivity index (χ1n) is 5.27. The topological polar surface area (TPSA) is 67.4 Å². The van der Waals surface area contributed by atoms with Crippen molar-refractivity contribution in [3.05, 3.63) is 0 Å². The van der Waals surface area contributed by atoms with Crippen LogP contribution < -0.4 is 10.6 Å². The summed E-state index contributed by atoms with van der Waals surface area (Å²) < 4.78 is 4.83. The minimum Gasteiger partial charge on any atom is -0.447 e. The number of hydrogen-bond acceptors (Lipinski definition) is 3. The first-order valence-corrected chi connectivity index (χ1v) is 5.27. The van der Waals surface area contributed by atoms with Gasteiger partial charge in [0.25, 0.3) is 0 Å². The summed E-state index contributed by atoms with van der Waals surface area (Å²) in [7, 11) is 0. The summed E-state index contributed by atoms with van der Waals surface area (Å²) in [6.45, 7) is 6.51. The van der Waals surface area contributed by atoms with Gasteiger partial charge in [0, 0.05) is 19.5 Å². The summed E-state index contributed by atoms with van der Waals surface area (Å²) in [5, 5.41) is 5.22.